The molecule has 2 aromatic carbocycles. The number of allylic oxidation sites excluding steroid dienone is 1. The summed E-state index contributed by atoms with van der Waals surface area (Å²) in [5.41, 5.74) is 7.47. The van der Waals surface area contributed by atoms with Gasteiger partial charge in [-0.3, -0.25) is 9.59 Å². The van der Waals surface area contributed by atoms with Crippen molar-refractivity contribution in [1.82, 2.24) is 23.7 Å². The highest BCUT2D eigenvalue weighted by molar-refractivity contribution is 7.90. The van der Waals surface area contributed by atoms with Crippen LogP contribution in [0.5, 0.6) is 5.75 Å². The lowest BCUT2D eigenvalue weighted by Crippen LogP contribution is -2.41. The third-order valence-corrected chi connectivity index (χ3v) is 12.3. The predicted octanol–water partition coefficient (Wildman–Crippen LogP) is 6.64. The van der Waals surface area contributed by atoms with E-state index in [-0.39, 0.29) is 17.5 Å². The van der Waals surface area contributed by atoms with Crippen molar-refractivity contribution in [3.63, 3.8) is 0 Å². The molecule has 4 aromatic rings. The SMILES string of the molecule is COc1ccc2c(c1)C=C(c1c(C(=O)N3CCOCC3)ncn1C(C)C)Cn1c-2c(C2CCCCC2)c2ccc(C(=O)NS(=O)(=O)C(C)C)cc21. The lowest BCUT2D eigenvalue weighted by Gasteiger charge is -2.27. The van der Waals surface area contributed by atoms with Crippen LogP contribution in [0.25, 0.3) is 33.8 Å². The maximum atomic E-state index is 14.1. The molecule has 0 spiro atoms. The Bertz CT molecular complexity index is 2130. The van der Waals surface area contributed by atoms with E-state index in [0.717, 1.165) is 70.4 Å². The average molecular weight is 714 g/mol. The van der Waals surface area contributed by atoms with Gasteiger partial charge in [0.05, 0.1) is 49.8 Å². The Morgan fingerprint density at radius 3 is 2.41 bits per heavy atom. The van der Waals surface area contributed by atoms with Crippen molar-refractivity contribution in [2.75, 3.05) is 33.4 Å². The Morgan fingerprint density at radius 1 is 0.980 bits per heavy atom. The lowest BCUT2D eigenvalue weighted by molar-refractivity contribution is 0.0299. The van der Waals surface area contributed by atoms with Crippen LogP contribution in [0.15, 0.2) is 42.7 Å². The van der Waals surface area contributed by atoms with Crippen LogP contribution >= 0.6 is 0 Å². The predicted molar refractivity (Wildman–Crippen MR) is 198 cm³/mol. The Hall–Kier alpha value is -4.42. The number of imidazole rings is 1. The van der Waals surface area contributed by atoms with Crippen LogP contribution in [0.4, 0.5) is 0 Å². The Labute approximate surface area is 299 Å². The van der Waals surface area contributed by atoms with Crippen LogP contribution in [0.1, 0.15) is 109 Å². The van der Waals surface area contributed by atoms with Crippen LogP contribution < -0.4 is 9.46 Å². The number of methoxy groups -OCH3 is 1. The minimum absolute atomic E-state index is 0.0181. The van der Waals surface area contributed by atoms with Gasteiger partial charge in [0.1, 0.15) is 5.75 Å². The number of benzene rings is 2. The van der Waals surface area contributed by atoms with Gasteiger partial charge in [0.25, 0.3) is 11.8 Å². The third kappa shape index (κ3) is 6.48. The number of carbonyl (C=O) groups excluding carboxylic acids is 2. The fourth-order valence-corrected chi connectivity index (χ4v) is 8.39. The molecule has 7 rings (SSSR count). The van der Waals surface area contributed by atoms with Crippen molar-refractivity contribution < 1.29 is 27.5 Å². The first-order chi connectivity index (χ1) is 24.5. The molecule has 1 N–H and O–H groups in total. The van der Waals surface area contributed by atoms with Crippen molar-refractivity contribution >= 4 is 44.4 Å². The summed E-state index contributed by atoms with van der Waals surface area (Å²) in [5.74, 6) is 0.246. The van der Waals surface area contributed by atoms with Gasteiger partial charge in [-0.1, -0.05) is 25.3 Å². The van der Waals surface area contributed by atoms with E-state index in [9.17, 15) is 18.0 Å². The molecule has 1 aliphatic carbocycles. The Morgan fingerprint density at radius 2 is 1.73 bits per heavy atom. The number of nitrogens with one attached hydrogen (secondary N) is 1. The topological polar surface area (TPSA) is 125 Å². The number of amides is 2. The van der Waals surface area contributed by atoms with Crippen LogP contribution in [0.3, 0.4) is 0 Å². The van der Waals surface area contributed by atoms with Gasteiger partial charge in [0.15, 0.2) is 5.69 Å². The third-order valence-electron chi connectivity index (χ3n) is 10.6. The average Bonchev–Trinajstić information content (AvgIpc) is 3.66. The van der Waals surface area contributed by atoms with Crippen molar-refractivity contribution in [3.8, 4) is 17.0 Å². The van der Waals surface area contributed by atoms with E-state index < -0.39 is 21.2 Å². The van der Waals surface area contributed by atoms with Crippen LogP contribution in [0, 0.1) is 0 Å². The minimum Gasteiger partial charge on any atom is -0.497 e. The maximum absolute atomic E-state index is 14.1. The fraction of sp³-hybridized carbons (Fsp3) is 0.462. The summed E-state index contributed by atoms with van der Waals surface area (Å²) in [5, 5.41) is 0.291. The highest BCUT2D eigenvalue weighted by Crippen LogP contribution is 2.48. The second-order valence-electron chi connectivity index (χ2n) is 14.4. The van der Waals surface area contributed by atoms with E-state index in [0.29, 0.717) is 44.5 Å². The molecule has 3 aliphatic rings. The van der Waals surface area contributed by atoms with Crippen LogP contribution in [-0.2, 0) is 21.3 Å². The molecule has 0 bridgehead atoms. The highest BCUT2D eigenvalue weighted by atomic mass is 32.2. The van der Waals surface area contributed by atoms with Gasteiger partial charge < -0.3 is 23.5 Å². The fourth-order valence-electron chi connectivity index (χ4n) is 7.78. The van der Waals surface area contributed by atoms with Crippen LogP contribution in [-0.4, -0.2) is 77.9 Å². The molecule has 2 aromatic heterocycles. The largest absolute Gasteiger partial charge is 0.497 e. The zero-order valence-electron chi connectivity index (χ0n) is 30.1. The van der Waals surface area contributed by atoms with Gasteiger partial charge in [0.2, 0.25) is 10.0 Å². The summed E-state index contributed by atoms with van der Waals surface area (Å²) in [6, 6.07) is 11.7. The van der Waals surface area contributed by atoms with Crippen molar-refractivity contribution in [2.45, 2.75) is 83.6 Å². The summed E-state index contributed by atoms with van der Waals surface area (Å²) >= 11 is 0. The number of hydrogen-bond donors (Lipinski definition) is 1. The lowest BCUT2D eigenvalue weighted by atomic mass is 9.81. The van der Waals surface area contributed by atoms with E-state index >= 15 is 0 Å². The Balaban J connectivity index is 1.47. The van der Waals surface area contributed by atoms with Gasteiger partial charge in [-0.15, -0.1) is 0 Å². The smallest absolute Gasteiger partial charge is 0.274 e. The molecule has 2 amide bonds. The zero-order chi connectivity index (χ0) is 36.0. The number of hydrogen-bond acceptors (Lipinski definition) is 7. The first kappa shape index (κ1) is 35.0. The van der Waals surface area contributed by atoms with Gasteiger partial charge in [-0.05, 0) is 99.6 Å². The zero-order valence-corrected chi connectivity index (χ0v) is 30.9. The molecule has 0 atom stereocenters. The summed E-state index contributed by atoms with van der Waals surface area (Å²) in [6.07, 6.45) is 9.52. The standard InChI is InChI=1S/C39H47N5O6S/c1-24(2)44-23-40-35(39(46)42-15-17-50-18-16-42)36(44)29-19-28-20-30(49-5)12-14-31(28)37-34(26-9-7-6-8-10-26)32-13-11-27(21-33(32)43(37)22-29)38(45)41-51(47,48)25(3)4/h11-14,19-21,23-26H,6-10,15-18,22H2,1-5H3,(H,41,45). The number of aromatic nitrogens is 3. The van der Waals surface area contributed by atoms with E-state index in [2.05, 4.69) is 39.8 Å². The summed E-state index contributed by atoms with van der Waals surface area (Å²) < 4.78 is 43.3. The van der Waals surface area contributed by atoms with Crippen LogP contribution in [0.2, 0.25) is 0 Å². The van der Waals surface area contributed by atoms with Crippen molar-refractivity contribution in [2.24, 2.45) is 0 Å². The molecule has 0 radical (unpaired) electrons. The van der Waals surface area contributed by atoms with Crippen molar-refractivity contribution in [1.29, 1.82) is 0 Å². The van der Waals surface area contributed by atoms with Gasteiger partial charge in [-0.2, -0.15) is 0 Å². The number of morpholine rings is 1. The highest BCUT2D eigenvalue weighted by Gasteiger charge is 2.33. The molecule has 12 heteroatoms. The molecule has 2 fully saturated rings. The summed E-state index contributed by atoms with van der Waals surface area (Å²) in [6.45, 7) is 9.61. The molecule has 0 unspecified atom stereocenters. The quantitative estimate of drug-likeness (QED) is 0.217. The molecule has 2 aliphatic heterocycles. The number of nitrogens with zero attached hydrogens (tertiary/aromatic N) is 4. The van der Waals surface area contributed by atoms with E-state index in [1.807, 2.05) is 29.2 Å². The number of carbonyl (C=O) groups is 2. The van der Waals surface area contributed by atoms with Gasteiger partial charge in [0, 0.05) is 41.2 Å². The monoisotopic (exact) mass is 713 g/mol. The van der Waals surface area contributed by atoms with E-state index in [1.165, 1.54) is 12.0 Å². The molecule has 270 valence electrons. The summed E-state index contributed by atoms with van der Waals surface area (Å²) in [4.78, 5) is 34.1. The summed E-state index contributed by atoms with van der Waals surface area (Å²) in [7, 11) is -2.18. The Kier molecular flexibility index (Phi) is 9.57. The second kappa shape index (κ2) is 14.0. The molecule has 1 saturated heterocycles. The maximum Gasteiger partial charge on any atom is 0.274 e. The number of sulfonamides is 1. The first-order valence-electron chi connectivity index (χ1n) is 18.0. The molecule has 1 saturated carbocycles. The minimum atomic E-state index is -3.84. The molecule has 51 heavy (non-hydrogen) atoms. The normalized spacial score (nSPS) is 16.9. The van der Waals surface area contributed by atoms with Gasteiger partial charge >= 0.3 is 0 Å². The number of ether oxygens (including phenoxy) is 2. The second-order valence-corrected chi connectivity index (χ2v) is 16.6. The molecular formula is C39H47N5O6S. The number of fused-ring (bicyclic) bond motifs is 5. The number of rotatable bonds is 8. The first-order valence-corrected chi connectivity index (χ1v) is 19.6. The van der Waals surface area contributed by atoms with Gasteiger partial charge in [-0.25, -0.2) is 18.1 Å². The van der Waals surface area contributed by atoms with E-state index in [1.54, 1.807) is 33.4 Å². The molecule has 4 heterocycles. The molecular weight excluding hydrogens is 667 g/mol. The van der Waals surface area contributed by atoms with Crippen molar-refractivity contribution in [3.05, 3.63) is 70.8 Å². The van der Waals surface area contributed by atoms with E-state index in [4.69, 9.17) is 14.5 Å². The molecule has 11 nitrogen and oxygen atoms in total.